The van der Waals surface area contributed by atoms with E-state index < -0.39 is 62.8 Å². The van der Waals surface area contributed by atoms with Gasteiger partial charge in [-0.25, -0.2) is 0 Å². The number of benzene rings is 4. The van der Waals surface area contributed by atoms with Crippen LogP contribution in [0.5, 0.6) is 5.75 Å². The number of fused-ring (bicyclic) bond motifs is 3. The molecule has 4 N–H and O–H groups in total. The van der Waals surface area contributed by atoms with E-state index in [-0.39, 0.29) is 41.4 Å². The van der Waals surface area contributed by atoms with Crippen LogP contribution in [0.1, 0.15) is 45.3 Å². The predicted octanol–water partition coefficient (Wildman–Crippen LogP) is 3.24. The van der Waals surface area contributed by atoms with E-state index in [4.69, 9.17) is 9.16 Å². The van der Waals surface area contributed by atoms with E-state index in [1.54, 1.807) is 36.4 Å². The number of amides is 2. The lowest BCUT2D eigenvalue weighted by atomic mass is 9.64. The monoisotopic (exact) mass is 691 g/mol. The van der Waals surface area contributed by atoms with E-state index in [9.17, 15) is 29.9 Å². The number of phenolic OH excluding ortho intramolecular Hbond substituents is 1. The van der Waals surface area contributed by atoms with Crippen molar-refractivity contribution in [2.24, 2.45) is 23.7 Å². The number of rotatable bonds is 8. The van der Waals surface area contributed by atoms with Crippen LogP contribution in [0.2, 0.25) is 5.04 Å². The molecule has 0 unspecified atom stereocenters. The Labute approximate surface area is 293 Å². The first-order valence-corrected chi connectivity index (χ1v) is 19.0. The number of phenols is 1. The van der Waals surface area contributed by atoms with Crippen LogP contribution in [0.25, 0.3) is 0 Å². The van der Waals surface area contributed by atoms with Crippen LogP contribution in [0.15, 0.2) is 109 Å². The second-order valence-corrected chi connectivity index (χ2v) is 19.1. The van der Waals surface area contributed by atoms with Gasteiger partial charge in [-0.2, -0.15) is 0 Å². The zero-order valence-electron chi connectivity index (χ0n) is 28.3. The van der Waals surface area contributed by atoms with Gasteiger partial charge < -0.3 is 29.4 Å². The van der Waals surface area contributed by atoms with Gasteiger partial charge in [0.15, 0.2) is 5.79 Å². The molecule has 3 fully saturated rings. The van der Waals surface area contributed by atoms with Crippen LogP contribution in [0, 0.1) is 23.7 Å². The van der Waals surface area contributed by atoms with Crippen molar-refractivity contribution in [2.75, 3.05) is 11.5 Å². The van der Waals surface area contributed by atoms with Crippen LogP contribution < -0.4 is 20.7 Å². The second kappa shape index (κ2) is 12.9. The molecule has 2 amide bonds. The molecule has 0 radical (unpaired) electrons. The van der Waals surface area contributed by atoms with Crippen LogP contribution in [0.3, 0.4) is 0 Å². The van der Waals surface area contributed by atoms with Crippen LogP contribution in [-0.4, -0.2) is 59.9 Å². The minimum atomic E-state index is -3.06. The summed E-state index contributed by atoms with van der Waals surface area (Å²) in [4.78, 5) is 29.7. The Bertz CT molecular complexity index is 1850. The fraction of sp³-hybridized carbons (Fsp3) is 0.333. The number of aliphatic hydroxyl groups is 1. The van der Waals surface area contributed by atoms with Gasteiger partial charge in [-0.1, -0.05) is 112 Å². The van der Waals surface area contributed by atoms with Crippen molar-refractivity contribution < 1.29 is 39.0 Å². The summed E-state index contributed by atoms with van der Waals surface area (Å²) in [5, 5.41) is 45.0. The smallest absolute Gasteiger partial charge is 0.488 e. The number of hydrogen-bond donors (Lipinski definition) is 4. The van der Waals surface area contributed by atoms with Crippen molar-refractivity contribution in [3.63, 3.8) is 0 Å². The molecular weight excluding hydrogens is 649 g/mol. The number of nitrogens with zero attached hydrogens (tertiary/aromatic N) is 1. The topological polar surface area (TPSA) is 137 Å². The molecular formula is C39H42BNO8Si. The largest absolute Gasteiger partial charge is 0.508 e. The van der Waals surface area contributed by atoms with Crippen molar-refractivity contribution in [2.45, 2.75) is 50.5 Å². The van der Waals surface area contributed by atoms with Gasteiger partial charge in [-0.3, -0.25) is 14.5 Å². The molecule has 7 rings (SSSR count). The molecule has 9 nitrogen and oxygen atoms in total. The van der Waals surface area contributed by atoms with Gasteiger partial charge in [0.1, 0.15) is 5.75 Å². The number of carbonyl (C=O) groups excluding carboxylic acids is 2. The molecule has 50 heavy (non-hydrogen) atoms. The van der Waals surface area contributed by atoms with Gasteiger partial charge in [-0.05, 0) is 51.9 Å². The standard InChI is InChI=1S/C39H42BNO8Si/c1-38(2,3)50(28-15-6-4-7-16-28,29-17-8-5-9-18-29)48-24-25-21-31-35(32-23-34(49-39(25,32)45)30-19-10-11-20-33(30)42)37(44)41(36(31)43)27-14-12-13-26(22-27)40(46)47/h4-20,22,25,31-32,34-35,42,45-47H,21,23-24H2,1-3H3/t25-,31+,32+,34+,35+,39-/m1/s1. The summed E-state index contributed by atoms with van der Waals surface area (Å²) >= 11 is 0. The first-order valence-electron chi connectivity index (χ1n) is 17.1. The molecule has 1 aliphatic carbocycles. The van der Waals surface area contributed by atoms with E-state index in [0.29, 0.717) is 5.56 Å². The van der Waals surface area contributed by atoms with Gasteiger partial charge in [0.05, 0.1) is 23.6 Å². The molecule has 0 bridgehead atoms. The Morgan fingerprint density at radius 2 is 1.48 bits per heavy atom. The van der Waals surface area contributed by atoms with Crippen LogP contribution in [-0.2, 0) is 18.8 Å². The molecule has 1 saturated carbocycles. The Kier molecular flexibility index (Phi) is 8.86. The SMILES string of the molecule is CC(C)(C)[Si](OC[C@H]1C[C@@H]2C(=O)N(c3cccc(B(O)O)c3)C(=O)[C@@H]2[C@@H]2C[C@@H](c3ccccc3O)O[C@]12O)(c1ccccc1)c1ccccc1. The highest BCUT2D eigenvalue weighted by atomic mass is 28.4. The van der Waals surface area contributed by atoms with E-state index in [1.165, 1.54) is 12.1 Å². The predicted molar refractivity (Wildman–Crippen MR) is 192 cm³/mol. The summed E-state index contributed by atoms with van der Waals surface area (Å²) in [5.74, 6) is -5.86. The Balaban J connectivity index is 1.31. The first kappa shape index (κ1) is 34.4. The lowest BCUT2D eigenvalue weighted by molar-refractivity contribution is -0.273. The van der Waals surface area contributed by atoms with Crippen molar-refractivity contribution in [1.29, 1.82) is 0 Å². The number of hydrogen-bond acceptors (Lipinski definition) is 8. The van der Waals surface area contributed by atoms with Gasteiger partial charge in [-0.15, -0.1) is 0 Å². The summed E-state index contributed by atoms with van der Waals surface area (Å²) in [5.41, 5.74) is 0.881. The van der Waals surface area contributed by atoms with Gasteiger partial charge in [0, 0.05) is 24.0 Å². The average Bonchev–Trinajstić information content (AvgIpc) is 3.58. The first-order chi connectivity index (χ1) is 23.9. The highest BCUT2D eigenvalue weighted by Gasteiger charge is 2.67. The van der Waals surface area contributed by atoms with Crippen molar-refractivity contribution in [3.8, 4) is 5.75 Å². The van der Waals surface area contributed by atoms with Crippen molar-refractivity contribution in [3.05, 3.63) is 115 Å². The molecule has 2 heterocycles. The molecule has 11 heteroatoms. The van der Waals surface area contributed by atoms with Crippen molar-refractivity contribution in [1.82, 2.24) is 0 Å². The summed E-state index contributed by atoms with van der Waals surface area (Å²) in [6.45, 7) is 6.57. The highest BCUT2D eigenvalue weighted by molar-refractivity contribution is 6.99. The maximum absolute atomic E-state index is 14.3. The minimum absolute atomic E-state index is 0.0197. The maximum atomic E-state index is 14.3. The fourth-order valence-electron chi connectivity index (χ4n) is 8.69. The third-order valence-corrected chi connectivity index (χ3v) is 16.0. The lowest BCUT2D eigenvalue weighted by Gasteiger charge is -2.48. The zero-order valence-corrected chi connectivity index (χ0v) is 29.3. The molecule has 0 aromatic heterocycles. The van der Waals surface area contributed by atoms with E-state index in [1.807, 2.05) is 36.4 Å². The van der Waals surface area contributed by atoms with Crippen molar-refractivity contribution >= 4 is 48.8 Å². The van der Waals surface area contributed by atoms with E-state index in [0.717, 1.165) is 15.3 Å². The molecule has 4 aromatic carbocycles. The Morgan fingerprint density at radius 3 is 2.08 bits per heavy atom. The number of ether oxygens (including phenoxy) is 1. The summed E-state index contributed by atoms with van der Waals surface area (Å²) in [7, 11) is -4.84. The normalized spacial score (nSPS) is 26.5. The fourth-order valence-corrected chi connectivity index (χ4v) is 13.3. The molecule has 258 valence electrons. The van der Waals surface area contributed by atoms with Gasteiger partial charge in [0.2, 0.25) is 11.8 Å². The number of anilines is 1. The number of imide groups is 1. The number of aromatic hydroxyl groups is 1. The van der Waals surface area contributed by atoms with E-state index in [2.05, 4.69) is 45.0 Å². The molecule has 2 saturated heterocycles. The third kappa shape index (κ3) is 5.53. The van der Waals surface area contributed by atoms with Gasteiger partial charge >= 0.3 is 7.12 Å². The van der Waals surface area contributed by atoms with Gasteiger partial charge in [0.25, 0.3) is 8.32 Å². The molecule has 6 atom stereocenters. The lowest BCUT2D eigenvalue weighted by Crippen LogP contribution is -2.67. The molecule has 0 spiro atoms. The maximum Gasteiger partial charge on any atom is 0.488 e. The third-order valence-electron chi connectivity index (χ3n) is 11.0. The second-order valence-electron chi connectivity index (χ2n) is 14.8. The van der Waals surface area contributed by atoms with Crippen LogP contribution >= 0.6 is 0 Å². The Morgan fingerprint density at radius 1 is 0.860 bits per heavy atom. The number of carbonyl (C=O) groups is 2. The molecule has 2 aliphatic heterocycles. The van der Waals surface area contributed by atoms with Crippen LogP contribution in [0.4, 0.5) is 5.69 Å². The molecule has 4 aromatic rings. The molecule has 3 aliphatic rings. The van der Waals surface area contributed by atoms with E-state index >= 15 is 0 Å². The summed E-state index contributed by atoms with van der Waals surface area (Å²) < 4.78 is 13.9. The minimum Gasteiger partial charge on any atom is -0.508 e. The average molecular weight is 692 g/mol. The number of para-hydroxylation sites is 1. The highest BCUT2D eigenvalue weighted by Crippen LogP contribution is 2.59. The quantitative estimate of drug-likeness (QED) is 0.164. The summed E-state index contributed by atoms with van der Waals surface area (Å²) in [6, 6.07) is 33.2. The Hall–Kier alpha value is -4.10. The zero-order chi connectivity index (χ0) is 35.4. The summed E-state index contributed by atoms with van der Waals surface area (Å²) in [6.07, 6.45) is -0.398.